The SMILES string of the molecule is CC(N)(CCCn1cc(C(F)(F)F)cn1)C(=O)O. The van der Waals surface area contributed by atoms with Crippen LogP contribution in [0.4, 0.5) is 13.2 Å². The third-order valence-electron chi connectivity index (χ3n) is 2.53. The van der Waals surface area contributed by atoms with Gasteiger partial charge in [0.15, 0.2) is 0 Å². The van der Waals surface area contributed by atoms with Gasteiger partial charge < -0.3 is 10.8 Å². The molecule has 0 fully saturated rings. The predicted octanol–water partition coefficient (Wildman–Crippen LogP) is 1.48. The molecule has 0 aliphatic carbocycles. The first kappa shape index (κ1) is 14.5. The van der Waals surface area contributed by atoms with Gasteiger partial charge in [0.05, 0.1) is 11.8 Å². The van der Waals surface area contributed by atoms with Crippen molar-refractivity contribution in [2.45, 2.75) is 38.0 Å². The number of carbonyl (C=O) groups is 1. The lowest BCUT2D eigenvalue weighted by Gasteiger charge is -2.18. The molecule has 0 saturated carbocycles. The van der Waals surface area contributed by atoms with Gasteiger partial charge in [-0.3, -0.25) is 9.48 Å². The Balaban J connectivity index is 2.51. The number of carboxylic acid groups (broad SMARTS) is 1. The summed E-state index contributed by atoms with van der Waals surface area (Å²) in [5.41, 5.74) is 3.29. The molecule has 0 aromatic carbocycles. The fraction of sp³-hybridized carbons (Fsp3) is 0.600. The number of hydrogen-bond acceptors (Lipinski definition) is 3. The van der Waals surface area contributed by atoms with Gasteiger partial charge in [-0.15, -0.1) is 0 Å². The zero-order valence-electron chi connectivity index (χ0n) is 9.74. The smallest absolute Gasteiger partial charge is 0.419 e. The van der Waals surface area contributed by atoms with Crippen LogP contribution in [0.1, 0.15) is 25.3 Å². The van der Waals surface area contributed by atoms with Crippen molar-refractivity contribution >= 4 is 5.97 Å². The molecule has 0 aliphatic rings. The van der Waals surface area contributed by atoms with Gasteiger partial charge in [0, 0.05) is 12.7 Å². The lowest BCUT2D eigenvalue weighted by molar-refractivity contribution is -0.143. The largest absolute Gasteiger partial charge is 0.480 e. The maximum absolute atomic E-state index is 12.3. The quantitative estimate of drug-likeness (QED) is 0.845. The van der Waals surface area contributed by atoms with Gasteiger partial charge in [-0.2, -0.15) is 18.3 Å². The number of halogens is 3. The number of nitrogens with two attached hydrogens (primary N) is 1. The molecule has 3 N–H and O–H groups in total. The molecule has 1 aromatic rings. The highest BCUT2D eigenvalue weighted by atomic mass is 19.4. The van der Waals surface area contributed by atoms with E-state index in [2.05, 4.69) is 5.10 Å². The zero-order valence-corrected chi connectivity index (χ0v) is 9.74. The molecular weight excluding hydrogens is 251 g/mol. The molecule has 0 saturated heterocycles. The van der Waals surface area contributed by atoms with Crippen molar-refractivity contribution in [2.24, 2.45) is 5.73 Å². The van der Waals surface area contributed by atoms with E-state index in [1.165, 1.54) is 6.92 Å². The fourth-order valence-electron chi connectivity index (χ4n) is 1.35. The summed E-state index contributed by atoms with van der Waals surface area (Å²) in [6.07, 6.45) is -2.31. The van der Waals surface area contributed by atoms with E-state index in [1.807, 2.05) is 0 Å². The Labute approximate surface area is 101 Å². The van der Waals surface area contributed by atoms with E-state index in [4.69, 9.17) is 10.8 Å². The number of aromatic nitrogens is 2. The molecule has 18 heavy (non-hydrogen) atoms. The highest BCUT2D eigenvalue weighted by Gasteiger charge is 2.32. The second-order valence-corrected chi connectivity index (χ2v) is 4.32. The second kappa shape index (κ2) is 4.97. The minimum Gasteiger partial charge on any atom is -0.480 e. The molecule has 0 radical (unpaired) electrons. The molecule has 1 unspecified atom stereocenters. The van der Waals surface area contributed by atoms with Crippen LogP contribution in [0.25, 0.3) is 0 Å². The maximum Gasteiger partial charge on any atom is 0.419 e. The zero-order chi connectivity index (χ0) is 14.0. The van der Waals surface area contributed by atoms with Gasteiger partial charge in [-0.05, 0) is 19.8 Å². The van der Waals surface area contributed by atoms with E-state index >= 15 is 0 Å². The standard InChI is InChI=1S/C10H14F3N3O2/c1-9(14,8(17)18)3-2-4-16-6-7(5-15-16)10(11,12)13/h5-6H,2-4,14H2,1H3,(H,17,18). The molecular formula is C10H14F3N3O2. The van der Waals surface area contributed by atoms with Gasteiger partial charge in [0.2, 0.25) is 0 Å². The molecule has 0 bridgehead atoms. The third kappa shape index (κ3) is 3.73. The Hall–Kier alpha value is -1.57. The average Bonchev–Trinajstić information content (AvgIpc) is 2.65. The van der Waals surface area contributed by atoms with Crippen LogP contribution >= 0.6 is 0 Å². The van der Waals surface area contributed by atoms with Crippen LogP contribution < -0.4 is 5.73 Å². The molecule has 8 heteroatoms. The van der Waals surface area contributed by atoms with Crippen LogP contribution in [-0.2, 0) is 17.5 Å². The highest BCUT2D eigenvalue weighted by molar-refractivity contribution is 5.77. The number of aliphatic carboxylic acids is 1. The first-order chi connectivity index (χ1) is 8.13. The second-order valence-electron chi connectivity index (χ2n) is 4.32. The van der Waals surface area contributed by atoms with Crippen LogP contribution in [0.5, 0.6) is 0 Å². The van der Waals surface area contributed by atoms with Gasteiger partial charge in [-0.25, -0.2) is 0 Å². The number of aryl methyl sites for hydroxylation is 1. The lowest BCUT2D eigenvalue weighted by Crippen LogP contribution is -2.44. The Kier molecular flexibility index (Phi) is 4.00. The molecule has 1 atom stereocenters. The molecule has 1 rings (SSSR count). The molecule has 0 spiro atoms. The van der Waals surface area contributed by atoms with Crippen LogP contribution in [0.2, 0.25) is 0 Å². The third-order valence-corrected chi connectivity index (χ3v) is 2.53. The number of alkyl halides is 3. The topological polar surface area (TPSA) is 81.1 Å². The molecule has 5 nitrogen and oxygen atoms in total. The van der Waals surface area contributed by atoms with Crippen molar-refractivity contribution in [2.75, 3.05) is 0 Å². The van der Waals surface area contributed by atoms with Crippen LogP contribution in [0, 0.1) is 0 Å². The van der Waals surface area contributed by atoms with E-state index < -0.39 is 23.2 Å². The molecule has 1 aromatic heterocycles. The number of hydrogen-bond donors (Lipinski definition) is 2. The van der Waals surface area contributed by atoms with Crippen LogP contribution in [-0.4, -0.2) is 26.4 Å². The lowest BCUT2D eigenvalue weighted by atomic mass is 9.98. The van der Waals surface area contributed by atoms with Crippen molar-refractivity contribution in [3.05, 3.63) is 18.0 Å². The van der Waals surface area contributed by atoms with Gasteiger partial charge in [0.1, 0.15) is 5.54 Å². The summed E-state index contributed by atoms with van der Waals surface area (Å²) >= 11 is 0. The van der Waals surface area contributed by atoms with Gasteiger partial charge >= 0.3 is 12.1 Å². The van der Waals surface area contributed by atoms with E-state index in [0.29, 0.717) is 6.42 Å². The summed E-state index contributed by atoms with van der Waals surface area (Å²) in [7, 11) is 0. The van der Waals surface area contributed by atoms with Crippen molar-refractivity contribution in [1.82, 2.24) is 9.78 Å². The minimum atomic E-state index is -4.41. The van der Waals surface area contributed by atoms with Crippen molar-refractivity contribution in [3.8, 4) is 0 Å². The summed E-state index contributed by atoms with van der Waals surface area (Å²) in [5.74, 6) is -1.14. The predicted molar refractivity (Wildman–Crippen MR) is 56.7 cm³/mol. The molecule has 0 amide bonds. The molecule has 1 heterocycles. The Bertz CT molecular complexity index is 426. The van der Waals surface area contributed by atoms with Crippen molar-refractivity contribution < 1.29 is 23.1 Å². The summed E-state index contributed by atoms with van der Waals surface area (Å²) in [4.78, 5) is 10.7. The Morgan fingerprint density at radius 1 is 1.56 bits per heavy atom. The normalized spacial score (nSPS) is 15.4. The average molecular weight is 265 g/mol. The van der Waals surface area contributed by atoms with Crippen molar-refractivity contribution in [1.29, 1.82) is 0 Å². The van der Waals surface area contributed by atoms with Crippen molar-refractivity contribution in [3.63, 3.8) is 0 Å². The summed E-state index contributed by atoms with van der Waals surface area (Å²) < 4.78 is 37.9. The minimum absolute atomic E-state index is 0.156. The summed E-state index contributed by atoms with van der Waals surface area (Å²) in [6.45, 7) is 1.55. The first-order valence-electron chi connectivity index (χ1n) is 5.25. The van der Waals surface area contributed by atoms with E-state index in [9.17, 15) is 18.0 Å². The van der Waals surface area contributed by atoms with Gasteiger partial charge in [0.25, 0.3) is 0 Å². The highest BCUT2D eigenvalue weighted by Crippen LogP contribution is 2.28. The number of rotatable bonds is 5. The number of nitrogens with zero attached hydrogens (tertiary/aromatic N) is 2. The Morgan fingerprint density at radius 2 is 2.17 bits per heavy atom. The first-order valence-corrected chi connectivity index (χ1v) is 5.25. The Morgan fingerprint density at radius 3 is 2.61 bits per heavy atom. The van der Waals surface area contributed by atoms with Gasteiger partial charge in [-0.1, -0.05) is 0 Å². The van der Waals surface area contributed by atoms with E-state index in [1.54, 1.807) is 0 Å². The van der Waals surface area contributed by atoms with Crippen LogP contribution in [0.3, 0.4) is 0 Å². The number of carboxylic acids is 1. The molecule has 0 aliphatic heterocycles. The molecule has 102 valence electrons. The summed E-state index contributed by atoms with van der Waals surface area (Å²) in [6, 6.07) is 0. The fourth-order valence-corrected chi connectivity index (χ4v) is 1.35. The summed E-state index contributed by atoms with van der Waals surface area (Å²) in [5, 5.41) is 12.3. The monoisotopic (exact) mass is 265 g/mol. The maximum atomic E-state index is 12.3. The van der Waals surface area contributed by atoms with Crippen LogP contribution in [0.15, 0.2) is 12.4 Å². The van der Waals surface area contributed by atoms with E-state index in [0.717, 1.165) is 17.1 Å². The van der Waals surface area contributed by atoms with E-state index in [-0.39, 0.29) is 13.0 Å².